The Morgan fingerprint density at radius 1 is 1.10 bits per heavy atom. The molecule has 2 aliphatic heterocycles. The molecule has 1 saturated carbocycles. The molecule has 1 aromatic carbocycles. The number of pyridine rings is 1. The normalized spacial score (nSPS) is 25.1. The maximum absolute atomic E-state index is 13.7. The molecule has 5 rings (SSSR count). The first kappa shape index (κ1) is 30.6. The summed E-state index contributed by atoms with van der Waals surface area (Å²) in [5.74, 6) is 0.521. The monoisotopic (exact) mass is 580 g/mol. The molecule has 3 heterocycles. The number of carbonyl (C=O) groups excluding carboxylic acids is 1. The van der Waals surface area contributed by atoms with Crippen molar-refractivity contribution in [3.63, 3.8) is 0 Å². The fraction of sp³-hybridized carbons (Fsp3) is 0.636. The SMILES string of the molecule is CCN(c1cc(O[C@H]2C[C@H](N3C[C@@H](C)O[C@@H](C)C3)C2)cc(C(=O)NCc2c(C)cc(C)[nH]c2=O)c1C)C1CCOCC1. The topological polar surface area (TPSA) is 96.1 Å². The average Bonchev–Trinajstić information content (AvgIpc) is 2.91. The maximum Gasteiger partial charge on any atom is 0.253 e. The van der Waals surface area contributed by atoms with Crippen LogP contribution in [0.4, 0.5) is 5.69 Å². The highest BCUT2D eigenvalue weighted by atomic mass is 16.5. The van der Waals surface area contributed by atoms with Gasteiger partial charge in [-0.05, 0) is 77.6 Å². The van der Waals surface area contributed by atoms with Gasteiger partial charge in [0.25, 0.3) is 11.5 Å². The van der Waals surface area contributed by atoms with Crippen LogP contribution in [0.3, 0.4) is 0 Å². The van der Waals surface area contributed by atoms with E-state index < -0.39 is 0 Å². The smallest absolute Gasteiger partial charge is 0.253 e. The summed E-state index contributed by atoms with van der Waals surface area (Å²) in [6.07, 6.45) is 4.46. The molecule has 0 unspecified atom stereocenters. The van der Waals surface area contributed by atoms with Crippen LogP contribution in [-0.2, 0) is 16.0 Å². The summed E-state index contributed by atoms with van der Waals surface area (Å²) in [4.78, 5) is 34.0. The number of amides is 1. The van der Waals surface area contributed by atoms with Gasteiger partial charge in [-0.3, -0.25) is 14.5 Å². The van der Waals surface area contributed by atoms with E-state index in [1.54, 1.807) is 0 Å². The Hall–Kier alpha value is -2.88. The third kappa shape index (κ3) is 6.84. The van der Waals surface area contributed by atoms with Gasteiger partial charge in [0.1, 0.15) is 11.9 Å². The van der Waals surface area contributed by atoms with Crippen molar-refractivity contribution in [2.75, 3.05) is 37.7 Å². The number of aryl methyl sites for hydroxylation is 2. The molecule has 1 aliphatic carbocycles. The first-order chi connectivity index (χ1) is 20.1. The summed E-state index contributed by atoms with van der Waals surface area (Å²) in [7, 11) is 0. The number of morpholine rings is 1. The third-order valence-electron chi connectivity index (χ3n) is 9.14. The van der Waals surface area contributed by atoms with E-state index in [9.17, 15) is 9.59 Å². The minimum Gasteiger partial charge on any atom is -0.490 e. The molecule has 1 amide bonds. The first-order valence-electron chi connectivity index (χ1n) is 15.7. The third-order valence-corrected chi connectivity index (χ3v) is 9.14. The maximum atomic E-state index is 13.7. The van der Waals surface area contributed by atoms with Gasteiger partial charge in [-0.1, -0.05) is 0 Å². The van der Waals surface area contributed by atoms with Crippen LogP contribution in [0.15, 0.2) is 23.0 Å². The number of rotatable bonds is 9. The molecular formula is C33H48N4O5. The molecule has 2 saturated heterocycles. The summed E-state index contributed by atoms with van der Waals surface area (Å²) in [5.41, 5.74) is 4.62. The van der Waals surface area contributed by atoms with Gasteiger partial charge >= 0.3 is 0 Å². The molecule has 3 aliphatic rings. The van der Waals surface area contributed by atoms with Crippen LogP contribution in [-0.4, -0.2) is 79.0 Å². The Morgan fingerprint density at radius 2 is 1.79 bits per heavy atom. The van der Waals surface area contributed by atoms with E-state index in [0.717, 1.165) is 86.8 Å². The number of nitrogens with one attached hydrogen (secondary N) is 2. The van der Waals surface area contributed by atoms with E-state index in [-0.39, 0.29) is 36.3 Å². The van der Waals surface area contributed by atoms with E-state index >= 15 is 0 Å². The lowest BCUT2D eigenvalue weighted by atomic mass is 9.87. The van der Waals surface area contributed by atoms with Crippen LogP contribution in [0, 0.1) is 20.8 Å². The molecule has 0 bridgehead atoms. The molecule has 230 valence electrons. The summed E-state index contributed by atoms with van der Waals surface area (Å²) >= 11 is 0. The fourth-order valence-electron chi connectivity index (χ4n) is 6.90. The molecule has 2 N–H and O–H groups in total. The van der Waals surface area contributed by atoms with E-state index in [4.69, 9.17) is 14.2 Å². The fourth-order valence-corrected chi connectivity index (χ4v) is 6.90. The number of nitrogens with zero attached hydrogens (tertiary/aromatic N) is 2. The molecule has 0 spiro atoms. The van der Waals surface area contributed by atoms with E-state index in [1.165, 1.54) is 0 Å². The van der Waals surface area contributed by atoms with Crippen LogP contribution < -0.4 is 20.5 Å². The molecule has 2 atom stereocenters. The molecule has 2 aromatic rings. The van der Waals surface area contributed by atoms with Crippen molar-refractivity contribution < 1.29 is 19.0 Å². The number of carbonyl (C=O) groups is 1. The molecule has 3 fully saturated rings. The van der Waals surface area contributed by atoms with E-state index in [1.807, 2.05) is 32.9 Å². The average molecular weight is 581 g/mol. The molecular weight excluding hydrogens is 532 g/mol. The Morgan fingerprint density at radius 3 is 2.43 bits per heavy atom. The van der Waals surface area contributed by atoms with Gasteiger partial charge in [-0.2, -0.15) is 0 Å². The van der Waals surface area contributed by atoms with Gasteiger partial charge in [0.2, 0.25) is 0 Å². The van der Waals surface area contributed by atoms with Crippen LogP contribution in [0.25, 0.3) is 0 Å². The zero-order chi connectivity index (χ0) is 30.0. The molecule has 1 aromatic heterocycles. The van der Waals surface area contributed by atoms with Gasteiger partial charge in [0, 0.05) is 92.9 Å². The predicted octanol–water partition coefficient (Wildman–Crippen LogP) is 4.25. The molecule has 0 radical (unpaired) electrons. The second-order valence-corrected chi connectivity index (χ2v) is 12.4. The lowest BCUT2D eigenvalue weighted by Crippen LogP contribution is -2.56. The van der Waals surface area contributed by atoms with Crippen molar-refractivity contribution >= 4 is 11.6 Å². The van der Waals surface area contributed by atoms with Crippen LogP contribution in [0.1, 0.15) is 79.2 Å². The lowest BCUT2D eigenvalue weighted by Gasteiger charge is -2.47. The number of ether oxygens (including phenoxy) is 3. The number of anilines is 1. The Labute approximate surface area is 249 Å². The van der Waals surface area contributed by atoms with Crippen molar-refractivity contribution in [2.24, 2.45) is 0 Å². The minimum atomic E-state index is -0.204. The van der Waals surface area contributed by atoms with Crippen molar-refractivity contribution in [1.29, 1.82) is 0 Å². The number of hydrogen-bond acceptors (Lipinski definition) is 7. The van der Waals surface area contributed by atoms with Gasteiger partial charge in [-0.25, -0.2) is 0 Å². The Balaban J connectivity index is 1.36. The van der Waals surface area contributed by atoms with Gasteiger partial charge in [-0.15, -0.1) is 0 Å². The number of aromatic nitrogens is 1. The largest absolute Gasteiger partial charge is 0.490 e. The second kappa shape index (κ2) is 13.2. The highest BCUT2D eigenvalue weighted by molar-refractivity contribution is 5.97. The minimum absolute atomic E-state index is 0.113. The molecule has 9 nitrogen and oxygen atoms in total. The number of hydrogen-bond donors (Lipinski definition) is 2. The quantitative estimate of drug-likeness (QED) is 0.458. The van der Waals surface area contributed by atoms with Crippen LogP contribution in [0.2, 0.25) is 0 Å². The predicted molar refractivity (Wildman–Crippen MR) is 165 cm³/mol. The summed E-state index contributed by atoms with van der Waals surface area (Å²) in [6.45, 7) is 16.6. The molecule has 9 heteroatoms. The summed E-state index contributed by atoms with van der Waals surface area (Å²) < 4.78 is 18.1. The van der Waals surface area contributed by atoms with Gasteiger partial charge in [0.15, 0.2) is 0 Å². The highest BCUT2D eigenvalue weighted by Gasteiger charge is 2.38. The standard InChI is InChI=1S/C33H48N4O5/c1-7-37(25-8-10-40-11-9-25)31-16-28(42-27-13-26(14-27)36-18-22(4)41-23(5)19-36)15-29(24(31)6)32(38)34-17-30-20(2)12-21(3)35-33(30)39/h12,15-16,22-23,25-27H,7-11,13-14,17-19H2,1-6H3,(H,34,38)(H,35,39)/t22-,23+,26-,27-. The highest BCUT2D eigenvalue weighted by Crippen LogP contribution is 2.36. The van der Waals surface area contributed by atoms with Crippen LogP contribution in [0.5, 0.6) is 5.75 Å². The van der Waals surface area contributed by atoms with Crippen molar-refractivity contribution in [3.8, 4) is 5.75 Å². The second-order valence-electron chi connectivity index (χ2n) is 12.4. The summed E-state index contributed by atoms with van der Waals surface area (Å²) in [6, 6.07) is 6.77. The first-order valence-corrected chi connectivity index (χ1v) is 15.7. The molecule has 42 heavy (non-hydrogen) atoms. The zero-order valence-corrected chi connectivity index (χ0v) is 26.1. The van der Waals surface area contributed by atoms with Crippen molar-refractivity contribution in [2.45, 2.75) is 104 Å². The number of benzene rings is 1. The van der Waals surface area contributed by atoms with Gasteiger partial charge < -0.3 is 29.4 Å². The van der Waals surface area contributed by atoms with Crippen LogP contribution >= 0.6 is 0 Å². The van der Waals surface area contributed by atoms with Crippen molar-refractivity contribution in [1.82, 2.24) is 15.2 Å². The Kier molecular flexibility index (Phi) is 9.60. The Bertz CT molecular complexity index is 1300. The zero-order valence-electron chi connectivity index (χ0n) is 26.1. The summed E-state index contributed by atoms with van der Waals surface area (Å²) in [5, 5.41) is 3.02. The number of H-pyrrole nitrogens is 1. The lowest BCUT2D eigenvalue weighted by molar-refractivity contribution is -0.103. The van der Waals surface area contributed by atoms with E-state index in [2.05, 4.69) is 46.9 Å². The number of aromatic amines is 1. The van der Waals surface area contributed by atoms with E-state index in [0.29, 0.717) is 23.2 Å². The van der Waals surface area contributed by atoms with Crippen molar-refractivity contribution in [3.05, 3.63) is 56.5 Å². The van der Waals surface area contributed by atoms with Gasteiger partial charge in [0.05, 0.1) is 12.2 Å².